The summed E-state index contributed by atoms with van der Waals surface area (Å²) in [5.74, 6) is 0.537. The van der Waals surface area contributed by atoms with E-state index in [4.69, 9.17) is 0 Å². The summed E-state index contributed by atoms with van der Waals surface area (Å²) in [5, 5.41) is 2.65. The molecule has 0 radical (unpaired) electrons. The Morgan fingerprint density at radius 1 is 1.22 bits per heavy atom. The minimum absolute atomic E-state index is 0.188. The standard InChI is InChI=1S/C18H19FN2OS/c1-12-7-8-14(11-13(12)2)20-18(22)21-9-10-23-17(21)15-5-3-4-6-16(15)19/h3-8,11,17H,9-10H2,1-2H3,(H,20,22)/t17-/m0/s1. The van der Waals surface area contributed by atoms with Gasteiger partial charge in [-0.15, -0.1) is 11.8 Å². The Kier molecular flexibility index (Phi) is 4.57. The quantitative estimate of drug-likeness (QED) is 0.864. The van der Waals surface area contributed by atoms with E-state index >= 15 is 0 Å². The first-order chi connectivity index (χ1) is 11.1. The summed E-state index contributed by atoms with van der Waals surface area (Å²) in [4.78, 5) is 14.3. The molecule has 2 amide bonds. The smallest absolute Gasteiger partial charge is 0.308 e. The number of urea groups is 1. The lowest BCUT2D eigenvalue weighted by molar-refractivity contribution is 0.213. The summed E-state index contributed by atoms with van der Waals surface area (Å²) in [7, 11) is 0. The highest BCUT2D eigenvalue weighted by molar-refractivity contribution is 7.99. The largest absolute Gasteiger partial charge is 0.323 e. The average Bonchev–Trinajstić information content (AvgIpc) is 3.01. The molecule has 23 heavy (non-hydrogen) atoms. The Labute approximate surface area is 139 Å². The van der Waals surface area contributed by atoms with Crippen molar-refractivity contribution >= 4 is 23.5 Å². The van der Waals surface area contributed by atoms with E-state index in [-0.39, 0.29) is 17.2 Å². The van der Waals surface area contributed by atoms with Gasteiger partial charge in [-0.2, -0.15) is 0 Å². The van der Waals surface area contributed by atoms with Gasteiger partial charge in [0.2, 0.25) is 0 Å². The molecule has 1 heterocycles. The number of nitrogens with one attached hydrogen (secondary N) is 1. The molecule has 120 valence electrons. The number of thioether (sulfide) groups is 1. The second-order valence-electron chi connectivity index (χ2n) is 5.67. The number of benzene rings is 2. The zero-order chi connectivity index (χ0) is 16.4. The normalized spacial score (nSPS) is 17.3. The van der Waals surface area contributed by atoms with Crippen LogP contribution >= 0.6 is 11.8 Å². The van der Waals surface area contributed by atoms with E-state index in [9.17, 15) is 9.18 Å². The van der Waals surface area contributed by atoms with Crippen LogP contribution in [0.2, 0.25) is 0 Å². The third kappa shape index (κ3) is 3.34. The summed E-state index contributed by atoms with van der Waals surface area (Å²) in [6.07, 6.45) is 0. The van der Waals surface area contributed by atoms with Crippen molar-refractivity contribution in [3.8, 4) is 0 Å². The summed E-state index contributed by atoms with van der Waals surface area (Å²) in [6, 6.07) is 12.3. The van der Waals surface area contributed by atoms with E-state index in [2.05, 4.69) is 5.32 Å². The highest BCUT2D eigenvalue weighted by Gasteiger charge is 2.32. The van der Waals surface area contributed by atoms with Crippen molar-refractivity contribution in [2.24, 2.45) is 0 Å². The summed E-state index contributed by atoms with van der Waals surface area (Å²) < 4.78 is 14.0. The first-order valence-electron chi connectivity index (χ1n) is 7.57. The monoisotopic (exact) mass is 330 g/mol. The number of nitrogens with zero attached hydrogens (tertiary/aromatic N) is 1. The van der Waals surface area contributed by atoms with Gasteiger partial charge in [0.1, 0.15) is 11.2 Å². The van der Waals surface area contributed by atoms with Gasteiger partial charge in [-0.1, -0.05) is 24.3 Å². The fraction of sp³-hybridized carbons (Fsp3) is 0.278. The molecule has 1 aliphatic heterocycles. The summed E-state index contributed by atoms with van der Waals surface area (Å²) in [5.41, 5.74) is 3.64. The van der Waals surface area contributed by atoms with Crippen LogP contribution < -0.4 is 5.32 Å². The van der Waals surface area contributed by atoms with Crippen LogP contribution in [0.4, 0.5) is 14.9 Å². The molecule has 1 N–H and O–H groups in total. The fourth-order valence-corrected chi connectivity index (χ4v) is 3.90. The van der Waals surface area contributed by atoms with Gasteiger partial charge in [0.05, 0.1) is 0 Å². The lowest BCUT2D eigenvalue weighted by atomic mass is 10.1. The van der Waals surface area contributed by atoms with Crippen LogP contribution in [0.1, 0.15) is 22.1 Å². The Balaban J connectivity index is 1.78. The number of hydrogen-bond acceptors (Lipinski definition) is 2. The van der Waals surface area contributed by atoms with Crippen LogP contribution in [-0.2, 0) is 0 Å². The second kappa shape index (κ2) is 6.62. The van der Waals surface area contributed by atoms with Crippen molar-refractivity contribution in [2.75, 3.05) is 17.6 Å². The molecular weight excluding hydrogens is 311 g/mol. The Hall–Kier alpha value is -2.01. The highest BCUT2D eigenvalue weighted by atomic mass is 32.2. The third-order valence-electron chi connectivity index (χ3n) is 4.08. The molecule has 2 aromatic rings. The number of aryl methyl sites for hydroxylation is 2. The fourth-order valence-electron chi connectivity index (χ4n) is 2.63. The zero-order valence-corrected chi connectivity index (χ0v) is 14.0. The topological polar surface area (TPSA) is 32.3 Å². The van der Waals surface area contributed by atoms with Gasteiger partial charge in [-0.05, 0) is 43.2 Å². The van der Waals surface area contributed by atoms with Gasteiger partial charge < -0.3 is 10.2 Å². The lowest BCUT2D eigenvalue weighted by Crippen LogP contribution is -2.34. The van der Waals surface area contributed by atoms with Crippen molar-refractivity contribution in [1.29, 1.82) is 0 Å². The maximum Gasteiger partial charge on any atom is 0.323 e. The van der Waals surface area contributed by atoms with Crippen LogP contribution in [0, 0.1) is 19.7 Å². The molecule has 0 aliphatic carbocycles. The predicted molar refractivity (Wildman–Crippen MR) is 93.2 cm³/mol. The van der Waals surface area contributed by atoms with Crippen LogP contribution in [0.3, 0.4) is 0 Å². The van der Waals surface area contributed by atoms with Crippen molar-refractivity contribution in [1.82, 2.24) is 4.90 Å². The van der Waals surface area contributed by atoms with Crippen LogP contribution in [0.25, 0.3) is 0 Å². The van der Waals surface area contributed by atoms with E-state index in [0.717, 1.165) is 17.0 Å². The first-order valence-corrected chi connectivity index (χ1v) is 8.62. The minimum Gasteiger partial charge on any atom is -0.308 e. The van der Waals surface area contributed by atoms with Gasteiger partial charge >= 0.3 is 6.03 Å². The molecule has 1 saturated heterocycles. The minimum atomic E-state index is -0.275. The number of halogens is 1. The molecule has 0 spiro atoms. The molecule has 0 bridgehead atoms. The lowest BCUT2D eigenvalue weighted by Gasteiger charge is -2.24. The molecule has 0 saturated carbocycles. The molecule has 5 heteroatoms. The van der Waals surface area contributed by atoms with Crippen LogP contribution in [0.15, 0.2) is 42.5 Å². The number of carbonyl (C=O) groups is 1. The summed E-state index contributed by atoms with van der Waals surface area (Å²) >= 11 is 1.59. The van der Waals surface area contributed by atoms with E-state index in [1.54, 1.807) is 34.9 Å². The molecule has 0 unspecified atom stereocenters. The van der Waals surface area contributed by atoms with Gasteiger partial charge in [0.25, 0.3) is 0 Å². The van der Waals surface area contributed by atoms with E-state index in [1.165, 1.54) is 11.6 Å². The molecule has 3 rings (SSSR count). The van der Waals surface area contributed by atoms with Gasteiger partial charge in [0, 0.05) is 23.5 Å². The van der Waals surface area contributed by atoms with Gasteiger partial charge in [0.15, 0.2) is 0 Å². The van der Waals surface area contributed by atoms with E-state index in [0.29, 0.717) is 12.1 Å². The first kappa shape index (κ1) is 15.9. The Morgan fingerprint density at radius 2 is 2.00 bits per heavy atom. The molecule has 1 fully saturated rings. The Morgan fingerprint density at radius 3 is 2.74 bits per heavy atom. The van der Waals surface area contributed by atoms with Crippen molar-refractivity contribution in [3.05, 3.63) is 65.0 Å². The van der Waals surface area contributed by atoms with E-state index in [1.807, 2.05) is 32.0 Å². The molecule has 1 aliphatic rings. The number of amides is 2. The summed E-state index contributed by atoms with van der Waals surface area (Å²) in [6.45, 7) is 4.66. The van der Waals surface area contributed by atoms with Crippen LogP contribution in [-0.4, -0.2) is 23.2 Å². The van der Waals surface area contributed by atoms with Crippen molar-refractivity contribution in [3.63, 3.8) is 0 Å². The Bertz CT molecular complexity index is 735. The molecular formula is C18H19FN2OS. The zero-order valence-electron chi connectivity index (χ0n) is 13.2. The maximum absolute atomic E-state index is 14.0. The molecule has 3 nitrogen and oxygen atoms in total. The number of carbonyl (C=O) groups excluding carboxylic acids is 1. The highest BCUT2D eigenvalue weighted by Crippen LogP contribution is 2.39. The van der Waals surface area contributed by atoms with Gasteiger partial charge in [-0.25, -0.2) is 9.18 Å². The van der Waals surface area contributed by atoms with Gasteiger partial charge in [-0.3, -0.25) is 0 Å². The number of hydrogen-bond donors (Lipinski definition) is 1. The van der Waals surface area contributed by atoms with Crippen LogP contribution in [0.5, 0.6) is 0 Å². The predicted octanol–water partition coefficient (Wildman–Crippen LogP) is 4.72. The third-order valence-corrected chi connectivity index (χ3v) is 5.32. The van der Waals surface area contributed by atoms with E-state index < -0.39 is 0 Å². The maximum atomic E-state index is 14.0. The average molecular weight is 330 g/mol. The number of anilines is 1. The second-order valence-corrected chi connectivity index (χ2v) is 6.86. The van der Waals surface area contributed by atoms with Crippen molar-refractivity contribution in [2.45, 2.75) is 19.2 Å². The SMILES string of the molecule is Cc1ccc(NC(=O)N2CCS[C@H]2c2ccccc2F)cc1C. The molecule has 2 aromatic carbocycles. The molecule has 0 aromatic heterocycles. The van der Waals surface area contributed by atoms with Crippen molar-refractivity contribution < 1.29 is 9.18 Å². The number of rotatable bonds is 2. The molecule has 1 atom stereocenters.